The Labute approximate surface area is 172 Å². The van der Waals surface area contributed by atoms with E-state index in [0.717, 1.165) is 36.8 Å². The van der Waals surface area contributed by atoms with Gasteiger partial charge in [0.1, 0.15) is 12.7 Å². The highest BCUT2D eigenvalue weighted by Gasteiger charge is 2.42. The zero-order valence-corrected chi connectivity index (χ0v) is 17.3. The second-order valence-electron chi connectivity index (χ2n) is 7.62. The third-order valence-corrected chi connectivity index (χ3v) is 5.47. The second kappa shape index (κ2) is 8.84. The highest BCUT2D eigenvalue weighted by molar-refractivity contribution is 6.03. The molecule has 2 aliphatic rings. The molecule has 1 fully saturated rings. The molecule has 2 atom stereocenters. The van der Waals surface area contributed by atoms with Crippen molar-refractivity contribution in [2.24, 2.45) is 11.1 Å². The molecule has 6 heteroatoms. The summed E-state index contributed by atoms with van der Waals surface area (Å²) in [5, 5.41) is 4.39. The smallest absolute Gasteiger partial charge is 0.161 e. The molecule has 0 bridgehead atoms. The Balaban J connectivity index is 1.41. The lowest BCUT2D eigenvalue weighted by Gasteiger charge is -2.18. The highest BCUT2D eigenvalue weighted by Crippen LogP contribution is 2.33. The molecular formula is C23H28N2O4. The van der Waals surface area contributed by atoms with Gasteiger partial charge in [-0.05, 0) is 24.6 Å². The second-order valence-corrected chi connectivity index (χ2v) is 7.62. The zero-order chi connectivity index (χ0) is 20.2. The number of fused-ring (bicyclic) bond motifs is 1. The van der Waals surface area contributed by atoms with Gasteiger partial charge in [-0.2, -0.15) is 0 Å². The van der Waals surface area contributed by atoms with Crippen molar-refractivity contribution in [2.45, 2.75) is 19.6 Å². The Morgan fingerprint density at radius 2 is 1.97 bits per heavy atom. The number of oxime groups is 1. The van der Waals surface area contributed by atoms with Gasteiger partial charge in [-0.15, -0.1) is 0 Å². The number of aryl methyl sites for hydroxylation is 1. The first-order valence-corrected chi connectivity index (χ1v) is 9.99. The van der Waals surface area contributed by atoms with Crippen LogP contribution in [0.4, 0.5) is 0 Å². The normalized spacial score (nSPS) is 20.9. The number of methoxy groups -OCH3 is 2. The third kappa shape index (κ3) is 4.38. The molecule has 0 N–H and O–H groups in total. The van der Waals surface area contributed by atoms with Crippen molar-refractivity contribution in [3.63, 3.8) is 0 Å². The average Bonchev–Trinajstić information content (AvgIpc) is 3.29. The lowest BCUT2D eigenvalue weighted by atomic mass is 9.94. The van der Waals surface area contributed by atoms with E-state index in [0.29, 0.717) is 19.1 Å². The van der Waals surface area contributed by atoms with Gasteiger partial charge in [-0.3, -0.25) is 4.90 Å². The largest absolute Gasteiger partial charge is 0.493 e. The molecule has 2 aromatic carbocycles. The van der Waals surface area contributed by atoms with Gasteiger partial charge in [0, 0.05) is 32.3 Å². The average molecular weight is 396 g/mol. The van der Waals surface area contributed by atoms with E-state index in [9.17, 15) is 0 Å². The van der Waals surface area contributed by atoms with E-state index in [1.54, 1.807) is 14.2 Å². The molecule has 0 aromatic heterocycles. The van der Waals surface area contributed by atoms with Crippen LogP contribution in [0.1, 0.15) is 16.7 Å². The Morgan fingerprint density at radius 1 is 1.07 bits per heavy atom. The summed E-state index contributed by atoms with van der Waals surface area (Å²) < 4.78 is 16.3. The Bertz CT molecular complexity index is 883. The molecule has 0 saturated carbocycles. The molecule has 0 aliphatic carbocycles. The van der Waals surface area contributed by atoms with Crippen LogP contribution >= 0.6 is 0 Å². The van der Waals surface area contributed by atoms with Crippen molar-refractivity contribution < 1.29 is 19.0 Å². The standard InChI is InChI=1S/C23H28N2O4/c1-16-5-4-6-18(11-16)23-19-14-25(15-22(19)29-24-23)13-17-7-8-20(21(12-17)27-3)28-10-9-26-2/h4-8,11-12,19,22H,9-10,13-15H2,1-3H3/t19-,22-/m0/s1. The van der Waals surface area contributed by atoms with Gasteiger partial charge >= 0.3 is 0 Å². The number of rotatable bonds is 8. The number of likely N-dealkylation sites (tertiary alicyclic amines) is 1. The molecule has 2 aromatic rings. The quantitative estimate of drug-likeness (QED) is 0.641. The van der Waals surface area contributed by atoms with Crippen LogP contribution in [0.25, 0.3) is 0 Å². The maximum Gasteiger partial charge on any atom is 0.161 e. The fourth-order valence-electron chi connectivity index (χ4n) is 4.04. The van der Waals surface area contributed by atoms with Crippen molar-refractivity contribution >= 4 is 5.71 Å². The Hall–Kier alpha value is -2.57. The van der Waals surface area contributed by atoms with Gasteiger partial charge in [-0.25, -0.2) is 0 Å². The molecular weight excluding hydrogens is 368 g/mol. The van der Waals surface area contributed by atoms with E-state index < -0.39 is 0 Å². The van der Waals surface area contributed by atoms with E-state index in [1.807, 2.05) is 12.1 Å². The van der Waals surface area contributed by atoms with Crippen LogP contribution in [0.2, 0.25) is 0 Å². The molecule has 1 saturated heterocycles. The summed E-state index contributed by atoms with van der Waals surface area (Å²) in [4.78, 5) is 8.18. The van der Waals surface area contributed by atoms with Crippen LogP contribution in [0, 0.1) is 12.8 Å². The molecule has 2 heterocycles. The van der Waals surface area contributed by atoms with Gasteiger partial charge < -0.3 is 19.0 Å². The third-order valence-electron chi connectivity index (χ3n) is 5.47. The maximum atomic E-state index is 5.76. The predicted octanol–water partition coefficient (Wildman–Crippen LogP) is 3.26. The predicted molar refractivity (Wildman–Crippen MR) is 112 cm³/mol. The monoisotopic (exact) mass is 396 g/mol. The Kier molecular flexibility index (Phi) is 6.02. The number of nitrogens with zero attached hydrogens (tertiary/aromatic N) is 2. The molecule has 2 aliphatic heterocycles. The first-order valence-electron chi connectivity index (χ1n) is 9.99. The summed E-state index contributed by atoms with van der Waals surface area (Å²) in [7, 11) is 3.33. The van der Waals surface area contributed by atoms with Crippen molar-refractivity contribution in [3.05, 3.63) is 59.2 Å². The van der Waals surface area contributed by atoms with Gasteiger partial charge in [0.15, 0.2) is 11.5 Å². The highest BCUT2D eigenvalue weighted by atomic mass is 16.6. The number of ether oxygens (including phenoxy) is 3. The molecule has 0 unspecified atom stereocenters. The molecule has 0 amide bonds. The van der Waals surface area contributed by atoms with Crippen LogP contribution in [0.5, 0.6) is 11.5 Å². The molecule has 0 radical (unpaired) electrons. The van der Waals surface area contributed by atoms with Gasteiger partial charge in [0.2, 0.25) is 0 Å². The summed E-state index contributed by atoms with van der Waals surface area (Å²) in [6, 6.07) is 14.6. The molecule has 6 nitrogen and oxygen atoms in total. The van der Waals surface area contributed by atoms with Crippen LogP contribution in [-0.4, -0.2) is 57.2 Å². The summed E-state index contributed by atoms with van der Waals surface area (Å²) in [5.41, 5.74) is 4.66. The van der Waals surface area contributed by atoms with E-state index in [1.165, 1.54) is 16.7 Å². The lowest BCUT2D eigenvalue weighted by Crippen LogP contribution is -2.23. The summed E-state index contributed by atoms with van der Waals surface area (Å²) >= 11 is 0. The van der Waals surface area contributed by atoms with Crippen molar-refractivity contribution in [2.75, 3.05) is 40.5 Å². The van der Waals surface area contributed by atoms with E-state index in [4.69, 9.17) is 19.0 Å². The minimum absolute atomic E-state index is 0.129. The van der Waals surface area contributed by atoms with E-state index in [-0.39, 0.29) is 6.10 Å². The van der Waals surface area contributed by atoms with Gasteiger partial charge in [0.25, 0.3) is 0 Å². The first-order chi connectivity index (χ1) is 14.2. The van der Waals surface area contributed by atoms with E-state index in [2.05, 4.69) is 47.3 Å². The van der Waals surface area contributed by atoms with Crippen LogP contribution < -0.4 is 9.47 Å². The fraction of sp³-hybridized carbons (Fsp3) is 0.435. The lowest BCUT2D eigenvalue weighted by molar-refractivity contribution is 0.0745. The van der Waals surface area contributed by atoms with Crippen molar-refractivity contribution in [1.29, 1.82) is 0 Å². The Morgan fingerprint density at radius 3 is 2.76 bits per heavy atom. The summed E-state index contributed by atoms with van der Waals surface area (Å²) in [5.74, 6) is 1.80. The van der Waals surface area contributed by atoms with Crippen LogP contribution in [0.15, 0.2) is 47.6 Å². The van der Waals surface area contributed by atoms with Gasteiger partial charge in [-0.1, -0.05) is 41.1 Å². The number of hydrogen-bond donors (Lipinski definition) is 0. The summed E-state index contributed by atoms with van der Waals surface area (Å²) in [6.07, 6.45) is 0.129. The minimum atomic E-state index is 0.129. The molecule has 29 heavy (non-hydrogen) atoms. The van der Waals surface area contributed by atoms with Gasteiger partial charge in [0.05, 0.1) is 25.3 Å². The number of benzene rings is 2. The van der Waals surface area contributed by atoms with Crippen molar-refractivity contribution in [1.82, 2.24) is 4.90 Å². The van der Waals surface area contributed by atoms with Crippen LogP contribution in [-0.2, 0) is 16.1 Å². The fourth-order valence-corrected chi connectivity index (χ4v) is 4.04. The molecule has 4 rings (SSSR count). The minimum Gasteiger partial charge on any atom is -0.493 e. The summed E-state index contributed by atoms with van der Waals surface area (Å²) in [6.45, 7) is 5.80. The number of hydrogen-bond acceptors (Lipinski definition) is 6. The molecule has 0 spiro atoms. The van der Waals surface area contributed by atoms with Crippen molar-refractivity contribution in [3.8, 4) is 11.5 Å². The SMILES string of the molecule is COCCOc1ccc(CN2C[C@@H]3ON=C(c4cccc(C)c4)[C@H]3C2)cc1OC. The van der Waals surface area contributed by atoms with E-state index >= 15 is 0 Å². The topological polar surface area (TPSA) is 52.5 Å². The molecule has 154 valence electrons. The first kappa shape index (κ1) is 19.7. The van der Waals surface area contributed by atoms with Crippen LogP contribution in [0.3, 0.4) is 0 Å². The maximum absolute atomic E-state index is 5.76. The zero-order valence-electron chi connectivity index (χ0n) is 17.3.